The van der Waals surface area contributed by atoms with Crippen molar-refractivity contribution in [3.8, 4) is 11.1 Å². The summed E-state index contributed by atoms with van der Waals surface area (Å²) in [5.41, 5.74) is 3.17. The predicted octanol–water partition coefficient (Wildman–Crippen LogP) is 5.05. The van der Waals surface area contributed by atoms with Crippen LogP contribution < -0.4 is 0 Å². The second-order valence-electron chi connectivity index (χ2n) is 7.28. The Hall–Kier alpha value is -2.18. The highest BCUT2D eigenvalue weighted by molar-refractivity contribution is 7.89. The number of carbonyl (C=O) groups excluding carboxylic acids is 1. The van der Waals surface area contributed by atoms with Gasteiger partial charge in [-0.1, -0.05) is 50.2 Å². The van der Waals surface area contributed by atoms with E-state index in [1.165, 1.54) is 0 Å². The van der Waals surface area contributed by atoms with Gasteiger partial charge in [-0.05, 0) is 61.4 Å². The summed E-state index contributed by atoms with van der Waals surface area (Å²) >= 11 is 0. The molecular formula is C24H33NO4S. The highest BCUT2D eigenvalue weighted by Crippen LogP contribution is 2.24. The SMILES string of the molecule is CCCN(CCC)S(=O)(=O)c1ccc(-c2ccc(CCCC(=O)OCC)cc2)cc1. The number of nitrogens with zero attached hydrogens (tertiary/aromatic N) is 1. The van der Waals surface area contributed by atoms with Gasteiger partial charge in [0.25, 0.3) is 0 Å². The van der Waals surface area contributed by atoms with Gasteiger partial charge in [0.05, 0.1) is 11.5 Å². The summed E-state index contributed by atoms with van der Waals surface area (Å²) < 4.78 is 32.3. The normalized spacial score (nSPS) is 11.6. The van der Waals surface area contributed by atoms with E-state index in [0.717, 1.165) is 42.4 Å². The Labute approximate surface area is 181 Å². The Morgan fingerprint density at radius 2 is 1.40 bits per heavy atom. The molecule has 0 unspecified atom stereocenters. The van der Waals surface area contributed by atoms with Crippen molar-refractivity contribution in [1.82, 2.24) is 4.31 Å². The zero-order valence-electron chi connectivity index (χ0n) is 18.3. The molecule has 0 spiro atoms. The third-order valence-corrected chi connectivity index (χ3v) is 6.79. The van der Waals surface area contributed by atoms with Gasteiger partial charge in [-0.3, -0.25) is 4.79 Å². The topological polar surface area (TPSA) is 63.7 Å². The lowest BCUT2D eigenvalue weighted by Crippen LogP contribution is -2.32. The molecule has 2 rings (SSSR count). The van der Waals surface area contributed by atoms with Crippen molar-refractivity contribution in [2.75, 3.05) is 19.7 Å². The summed E-state index contributed by atoms with van der Waals surface area (Å²) in [6, 6.07) is 15.3. The average Bonchev–Trinajstić information content (AvgIpc) is 2.74. The van der Waals surface area contributed by atoms with Crippen molar-refractivity contribution in [2.45, 2.75) is 57.8 Å². The number of carbonyl (C=O) groups is 1. The molecule has 0 saturated carbocycles. The molecule has 0 aliphatic carbocycles. The van der Waals surface area contributed by atoms with Crippen molar-refractivity contribution in [1.29, 1.82) is 0 Å². The summed E-state index contributed by atoms with van der Waals surface area (Å²) in [7, 11) is -3.46. The number of esters is 1. The number of benzene rings is 2. The third-order valence-electron chi connectivity index (χ3n) is 4.88. The highest BCUT2D eigenvalue weighted by atomic mass is 32.2. The van der Waals surface area contributed by atoms with E-state index >= 15 is 0 Å². The molecule has 2 aromatic carbocycles. The lowest BCUT2D eigenvalue weighted by Gasteiger charge is -2.21. The molecule has 164 valence electrons. The molecule has 0 atom stereocenters. The van der Waals surface area contributed by atoms with E-state index in [4.69, 9.17) is 4.74 Å². The van der Waals surface area contributed by atoms with E-state index in [0.29, 0.717) is 31.0 Å². The zero-order valence-corrected chi connectivity index (χ0v) is 19.1. The number of hydrogen-bond donors (Lipinski definition) is 0. The van der Waals surface area contributed by atoms with Crippen LogP contribution in [0.25, 0.3) is 11.1 Å². The van der Waals surface area contributed by atoms with Crippen molar-refractivity contribution >= 4 is 16.0 Å². The standard InChI is InChI=1S/C24H33NO4S/c1-4-18-25(19-5-2)30(27,28)23-16-14-22(15-17-23)21-12-10-20(11-13-21)8-7-9-24(26)29-6-3/h10-17H,4-9,18-19H2,1-3H3. The molecule has 0 fully saturated rings. The summed E-state index contributed by atoms with van der Waals surface area (Å²) in [4.78, 5) is 11.8. The van der Waals surface area contributed by atoms with Crippen molar-refractivity contribution in [3.63, 3.8) is 0 Å². The lowest BCUT2D eigenvalue weighted by molar-refractivity contribution is -0.143. The van der Waals surface area contributed by atoms with Gasteiger partial charge in [0.15, 0.2) is 0 Å². The van der Waals surface area contributed by atoms with E-state index in [1.54, 1.807) is 16.4 Å². The Balaban J connectivity index is 2.04. The van der Waals surface area contributed by atoms with Crippen LogP contribution in [0.5, 0.6) is 0 Å². The van der Waals surface area contributed by atoms with Gasteiger partial charge in [-0.15, -0.1) is 0 Å². The van der Waals surface area contributed by atoms with Crippen molar-refractivity contribution < 1.29 is 17.9 Å². The van der Waals surface area contributed by atoms with Gasteiger partial charge in [0.1, 0.15) is 0 Å². The minimum absolute atomic E-state index is 0.152. The molecule has 5 nitrogen and oxygen atoms in total. The molecule has 0 aliphatic rings. The first-order chi connectivity index (χ1) is 14.4. The smallest absolute Gasteiger partial charge is 0.305 e. The fourth-order valence-electron chi connectivity index (χ4n) is 3.35. The largest absolute Gasteiger partial charge is 0.466 e. The van der Waals surface area contributed by atoms with E-state index in [-0.39, 0.29) is 5.97 Å². The molecule has 0 amide bonds. The Kier molecular flexibility index (Phi) is 9.53. The second-order valence-corrected chi connectivity index (χ2v) is 9.22. The first-order valence-electron chi connectivity index (χ1n) is 10.8. The molecule has 6 heteroatoms. The van der Waals surface area contributed by atoms with E-state index in [9.17, 15) is 13.2 Å². The van der Waals surface area contributed by atoms with Gasteiger partial charge in [0.2, 0.25) is 10.0 Å². The molecule has 0 heterocycles. The summed E-state index contributed by atoms with van der Waals surface area (Å²) in [5, 5.41) is 0. The molecule has 30 heavy (non-hydrogen) atoms. The molecule has 0 saturated heterocycles. The van der Waals surface area contributed by atoms with Crippen LogP contribution in [-0.2, 0) is 26.0 Å². The zero-order chi connectivity index (χ0) is 22.0. The summed E-state index contributed by atoms with van der Waals surface area (Å²) in [6.45, 7) is 7.28. The first-order valence-corrected chi connectivity index (χ1v) is 12.2. The van der Waals surface area contributed by atoms with Gasteiger partial charge < -0.3 is 4.74 Å². The van der Waals surface area contributed by atoms with Crippen LogP contribution in [0.2, 0.25) is 0 Å². The molecule has 0 aromatic heterocycles. The average molecular weight is 432 g/mol. The minimum atomic E-state index is -3.46. The van der Waals surface area contributed by atoms with Gasteiger partial charge in [-0.25, -0.2) is 8.42 Å². The van der Waals surface area contributed by atoms with Crippen LogP contribution in [0.4, 0.5) is 0 Å². The van der Waals surface area contributed by atoms with Gasteiger partial charge >= 0.3 is 5.97 Å². The number of hydrogen-bond acceptors (Lipinski definition) is 4. The highest BCUT2D eigenvalue weighted by Gasteiger charge is 2.22. The number of ether oxygens (including phenoxy) is 1. The first kappa shape index (κ1) is 24.1. The molecule has 0 aliphatic heterocycles. The van der Waals surface area contributed by atoms with Gasteiger partial charge in [-0.2, -0.15) is 4.31 Å². The fraction of sp³-hybridized carbons (Fsp3) is 0.458. The molecule has 0 bridgehead atoms. The minimum Gasteiger partial charge on any atom is -0.466 e. The van der Waals surface area contributed by atoms with E-state index in [2.05, 4.69) is 12.1 Å². The summed E-state index contributed by atoms with van der Waals surface area (Å²) in [6.07, 6.45) is 3.60. The van der Waals surface area contributed by atoms with Gasteiger partial charge in [0, 0.05) is 19.5 Å². The molecule has 0 N–H and O–H groups in total. The quantitative estimate of drug-likeness (QED) is 0.441. The molecule has 2 aromatic rings. The van der Waals surface area contributed by atoms with Crippen LogP contribution in [0.3, 0.4) is 0 Å². The fourth-order valence-corrected chi connectivity index (χ4v) is 4.98. The van der Waals surface area contributed by atoms with E-state index in [1.807, 2.05) is 45.0 Å². The third kappa shape index (κ3) is 6.67. The molecule has 0 radical (unpaired) electrons. The van der Waals surface area contributed by atoms with Crippen LogP contribution in [0, 0.1) is 0 Å². The second kappa shape index (κ2) is 11.9. The Bertz CT molecular complexity index is 884. The number of rotatable bonds is 12. The lowest BCUT2D eigenvalue weighted by atomic mass is 10.0. The van der Waals surface area contributed by atoms with Crippen LogP contribution >= 0.6 is 0 Å². The molecular weight excluding hydrogens is 398 g/mol. The Morgan fingerprint density at radius 1 is 0.867 bits per heavy atom. The van der Waals surface area contributed by atoms with Crippen LogP contribution in [0.15, 0.2) is 53.4 Å². The monoisotopic (exact) mass is 431 g/mol. The van der Waals surface area contributed by atoms with Crippen molar-refractivity contribution in [3.05, 3.63) is 54.1 Å². The maximum absolute atomic E-state index is 12.9. The van der Waals surface area contributed by atoms with Crippen LogP contribution in [0.1, 0.15) is 52.0 Å². The van der Waals surface area contributed by atoms with Crippen molar-refractivity contribution in [2.24, 2.45) is 0 Å². The maximum atomic E-state index is 12.9. The van der Waals surface area contributed by atoms with Crippen LogP contribution in [-0.4, -0.2) is 38.4 Å². The summed E-state index contributed by atoms with van der Waals surface area (Å²) in [5.74, 6) is -0.152. The number of aryl methyl sites for hydroxylation is 1. The van der Waals surface area contributed by atoms with E-state index < -0.39 is 10.0 Å². The predicted molar refractivity (Wildman–Crippen MR) is 121 cm³/mol. The maximum Gasteiger partial charge on any atom is 0.305 e. The number of sulfonamides is 1. The Morgan fingerprint density at radius 3 is 1.90 bits per heavy atom.